The first-order chi connectivity index (χ1) is 9.90. The zero-order chi connectivity index (χ0) is 15.6. The molecule has 2 aromatic carbocycles. The van der Waals surface area contributed by atoms with Crippen molar-refractivity contribution in [2.45, 2.75) is 33.7 Å². The van der Waals surface area contributed by atoms with E-state index < -0.39 is 0 Å². The summed E-state index contributed by atoms with van der Waals surface area (Å²) < 4.78 is 0. The third-order valence-corrected chi connectivity index (χ3v) is 3.86. The molecule has 0 spiro atoms. The van der Waals surface area contributed by atoms with Crippen molar-refractivity contribution in [2.24, 2.45) is 0 Å². The first-order valence-electron chi connectivity index (χ1n) is 7.13. The predicted molar refractivity (Wildman–Crippen MR) is 87.4 cm³/mol. The number of anilines is 1. The quantitative estimate of drug-likeness (QED) is 0.844. The minimum absolute atomic E-state index is 0.0427. The third-order valence-electron chi connectivity index (χ3n) is 3.86. The summed E-state index contributed by atoms with van der Waals surface area (Å²) in [6.45, 7) is 8.00. The Hall–Kier alpha value is -2.29. The van der Waals surface area contributed by atoms with Crippen LogP contribution in [0.4, 0.5) is 5.69 Å². The number of nitrogens with two attached hydrogens (primary N) is 1. The highest BCUT2D eigenvalue weighted by Crippen LogP contribution is 2.20. The minimum Gasteiger partial charge on any atom is -0.398 e. The Bertz CT molecular complexity index is 677. The standard InChI is InChI=1S/C18H22N2O/c1-11-8-9-15(12(2)10-11)14(4)20-18(21)16-6-5-7-17(19)13(16)3/h5-10,14H,19H2,1-4H3,(H,20,21). The number of aryl methyl sites for hydroxylation is 2. The Kier molecular flexibility index (Phi) is 4.32. The van der Waals surface area contributed by atoms with Crippen molar-refractivity contribution in [3.05, 3.63) is 64.2 Å². The van der Waals surface area contributed by atoms with Gasteiger partial charge in [0.05, 0.1) is 6.04 Å². The molecule has 2 aromatic rings. The van der Waals surface area contributed by atoms with E-state index in [0.717, 1.165) is 11.1 Å². The molecule has 0 saturated carbocycles. The largest absolute Gasteiger partial charge is 0.398 e. The number of hydrogen-bond acceptors (Lipinski definition) is 2. The van der Waals surface area contributed by atoms with Gasteiger partial charge in [-0.1, -0.05) is 29.8 Å². The van der Waals surface area contributed by atoms with Crippen LogP contribution in [0.15, 0.2) is 36.4 Å². The first kappa shape index (κ1) is 15.1. The van der Waals surface area contributed by atoms with E-state index in [9.17, 15) is 4.79 Å². The predicted octanol–water partition coefficient (Wildman–Crippen LogP) is 3.69. The van der Waals surface area contributed by atoms with Crippen molar-refractivity contribution >= 4 is 11.6 Å². The summed E-state index contributed by atoms with van der Waals surface area (Å²) in [6.07, 6.45) is 0. The first-order valence-corrected chi connectivity index (χ1v) is 7.13. The molecule has 1 atom stereocenters. The molecular formula is C18H22N2O. The van der Waals surface area contributed by atoms with Crippen LogP contribution in [-0.4, -0.2) is 5.91 Å². The molecular weight excluding hydrogens is 260 g/mol. The minimum atomic E-state index is -0.0905. The molecule has 0 bridgehead atoms. The molecule has 3 nitrogen and oxygen atoms in total. The highest BCUT2D eigenvalue weighted by Gasteiger charge is 2.15. The number of hydrogen-bond donors (Lipinski definition) is 2. The molecule has 0 saturated heterocycles. The molecule has 1 unspecified atom stereocenters. The molecule has 110 valence electrons. The zero-order valence-electron chi connectivity index (χ0n) is 13.0. The number of benzene rings is 2. The average Bonchev–Trinajstić information content (AvgIpc) is 2.41. The molecule has 1 amide bonds. The van der Waals surface area contributed by atoms with E-state index >= 15 is 0 Å². The number of carbonyl (C=O) groups is 1. The number of rotatable bonds is 3. The van der Waals surface area contributed by atoms with Gasteiger partial charge in [-0.2, -0.15) is 0 Å². The van der Waals surface area contributed by atoms with Crippen LogP contribution < -0.4 is 11.1 Å². The van der Waals surface area contributed by atoms with Gasteiger partial charge in [-0.05, 0) is 56.5 Å². The van der Waals surface area contributed by atoms with Crippen LogP contribution >= 0.6 is 0 Å². The van der Waals surface area contributed by atoms with Gasteiger partial charge < -0.3 is 11.1 Å². The highest BCUT2D eigenvalue weighted by molar-refractivity contribution is 5.97. The lowest BCUT2D eigenvalue weighted by molar-refractivity contribution is 0.0939. The fourth-order valence-electron chi connectivity index (χ4n) is 2.56. The molecule has 21 heavy (non-hydrogen) atoms. The van der Waals surface area contributed by atoms with Crippen LogP contribution in [0.2, 0.25) is 0 Å². The summed E-state index contributed by atoms with van der Waals surface area (Å²) in [4.78, 5) is 12.4. The lowest BCUT2D eigenvalue weighted by atomic mass is 9.99. The van der Waals surface area contributed by atoms with Crippen LogP contribution in [0.1, 0.15) is 45.6 Å². The monoisotopic (exact) mass is 282 g/mol. The molecule has 0 aliphatic carbocycles. The smallest absolute Gasteiger partial charge is 0.252 e. The zero-order valence-corrected chi connectivity index (χ0v) is 13.0. The number of nitrogen functional groups attached to an aromatic ring is 1. The molecule has 2 rings (SSSR count). The second kappa shape index (κ2) is 6.00. The number of nitrogens with one attached hydrogen (secondary N) is 1. The highest BCUT2D eigenvalue weighted by atomic mass is 16.1. The molecule has 3 N–H and O–H groups in total. The van der Waals surface area contributed by atoms with E-state index in [0.29, 0.717) is 11.3 Å². The Morgan fingerprint density at radius 2 is 1.86 bits per heavy atom. The summed E-state index contributed by atoms with van der Waals surface area (Å²) in [5.74, 6) is -0.0905. The van der Waals surface area contributed by atoms with Gasteiger partial charge in [0.1, 0.15) is 0 Å². The summed E-state index contributed by atoms with van der Waals surface area (Å²) in [6, 6.07) is 11.6. The maximum atomic E-state index is 12.4. The molecule has 3 heteroatoms. The van der Waals surface area contributed by atoms with Crippen LogP contribution in [0.3, 0.4) is 0 Å². The van der Waals surface area contributed by atoms with Crippen LogP contribution in [0.25, 0.3) is 0 Å². The maximum absolute atomic E-state index is 12.4. The summed E-state index contributed by atoms with van der Waals surface area (Å²) in [5.41, 5.74) is 11.5. The van der Waals surface area contributed by atoms with Gasteiger partial charge in [0.2, 0.25) is 0 Å². The second-order valence-corrected chi connectivity index (χ2v) is 5.57. The average molecular weight is 282 g/mol. The second-order valence-electron chi connectivity index (χ2n) is 5.57. The third kappa shape index (κ3) is 3.24. The normalized spacial score (nSPS) is 12.0. The number of amides is 1. The SMILES string of the molecule is Cc1ccc(C(C)NC(=O)c2cccc(N)c2C)c(C)c1. The van der Waals surface area contributed by atoms with Crippen LogP contribution in [0.5, 0.6) is 0 Å². The molecule has 0 fully saturated rings. The summed E-state index contributed by atoms with van der Waals surface area (Å²) in [7, 11) is 0. The molecule has 0 radical (unpaired) electrons. The van der Waals surface area contributed by atoms with Gasteiger partial charge in [-0.25, -0.2) is 0 Å². The molecule has 0 heterocycles. The van der Waals surface area contributed by atoms with Gasteiger partial charge >= 0.3 is 0 Å². The summed E-state index contributed by atoms with van der Waals surface area (Å²) >= 11 is 0. The molecule has 0 aliphatic rings. The van der Waals surface area contributed by atoms with E-state index in [2.05, 4.69) is 37.4 Å². The summed E-state index contributed by atoms with van der Waals surface area (Å²) in [5, 5.41) is 3.05. The fraction of sp³-hybridized carbons (Fsp3) is 0.278. The molecule has 0 aliphatic heterocycles. The Balaban J connectivity index is 2.21. The Morgan fingerprint density at radius 1 is 1.14 bits per heavy atom. The maximum Gasteiger partial charge on any atom is 0.252 e. The van der Waals surface area contributed by atoms with Gasteiger partial charge in [0.25, 0.3) is 5.91 Å². The van der Waals surface area contributed by atoms with Gasteiger partial charge in [-0.15, -0.1) is 0 Å². The van der Waals surface area contributed by atoms with Crippen molar-refractivity contribution in [1.29, 1.82) is 0 Å². The Labute approximate surface area is 126 Å². The lowest BCUT2D eigenvalue weighted by Gasteiger charge is -2.18. The van der Waals surface area contributed by atoms with Crippen LogP contribution in [0, 0.1) is 20.8 Å². The van der Waals surface area contributed by atoms with Crippen LogP contribution in [-0.2, 0) is 0 Å². The molecule has 0 aromatic heterocycles. The van der Waals surface area contributed by atoms with Crippen molar-refractivity contribution in [2.75, 3.05) is 5.73 Å². The van der Waals surface area contributed by atoms with E-state index in [1.54, 1.807) is 18.2 Å². The fourth-order valence-corrected chi connectivity index (χ4v) is 2.56. The van der Waals surface area contributed by atoms with E-state index in [-0.39, 0.29) is 11.9 Å². The topological polar surface area (TPSA) is 55.1 Å². The Morgan fingerprint density at radius 3 is 2.52 bits per heavy atom. The van der Waals surface area contributed by atoms with Crippen molar-refractivity contribution in [3.8, 4) is 0 Å². The van der Waals surface area contributed by atoms with Crippen molar-refractivity contribution < 1.29 is 4.79 Å². The van der Waals surface area contributed by atoms with Crippen molar-refractivity contribution in [1.82, 2.24) is 5.32 Å². The van der Waals surface area contributed by atoms with Crippen molar-refractivity contribution in [3.63, 3.8) is 0 Å². The van der Waals surface area contributed by atoms with Gasteiger partial charge in [0, 0.05) is 11.3 Å². The lowest BCUT2D eigenvalue weighted by Crippen LogP contribution is -2.27. The number of carbonyl (C=O) groups excluding carboxylic acids is 1. The van der Waals surface area contributed by atoms with Gasteiger partial charge in [0.15, 0.2) is 0 Å². The van der Waals surface area contributed by atoms with E-state index in [4.69, 9.17) is 5.73 Å². The van der Waals surface area contributed by atoms with Gasteiger partial charge in [-0.3, -0.25) is 4.79 Å². The van der Waals surface area contributed by atoms with E-state index in [1.165, 1.54) is 11.1 Å². The van der Waals surface area contributed by atoms with E-state index in [1.807, 2.05) is 13.8 Å².